The van der Waals surface area contributed by atoms with Gasteiger partial charge in [-0.3, -0.25) is 4.79 Å². The van der Waals surface area contributed by atoms with Gasteiger partial charge in [0, 0.05) is 13.0 Å². The van der Waals surface area contributed by atoms with Gasteiger partial charge in [-0.2, -0.15) is 0 Å². The van der Waals surface area contributed by atoms with Gasteiger partial charge in [0.25, 0.3) is 0 Å². The first-order chi connectivity index (χ1) is 9.21. The standard InChI is InChI=1S/C15H21NO3/c1-4-10-16-15(17)7-5-6-12-8-9-13(18-2)14(11-12)19-3/h4,8-9,11H,1,5-7,10H2,2-3H3,(H,16,17). The zero-order valence-corrected chi connectivity index (χ0v) is 11.6. The number of hydrogen-bond donors (Lipinski definition) is 1. The van der Waals surface area contributed by atoms with E-state index in [4.69, 9.17) is 9.47 Å². The molecule has 0 unspecified atom stereocenters. The molecular formula is C15H21NO3. The summed E-state index contributed by atoms with van der Waals surface area (Å²) < 4.78 is 10.4. The van der Waals surface area contributed by atoms with E-state index in [2.05, 4.69) is 11.9 Å². The maximum Gasteiger partial charge on any atom is 0.220 e. The Hall–Kier alpha value is -1.97. The van der Waals surface area contributed by atoms with Gasteiger partial charge in [0.2, 0.25) is 5.91 Å². The molecule has 4 heteroatoms. The average Bonchev–Trinajstić information content (AvgIpc) is 2.44. The van der Waals surface area contributed by atoms with E-state index in [1.54, 1.807) is 20.3 Å². The maximum absolute atomic E-state index is 11.4. The Kier molecular flexibility index (Phi) is 6.50. The first-order valence-corrected chi connectivity index (χ1v) is 6.29. The van der Waals surface area contributed by atoms with Gasteiger partial charge < -0.3 is 14.8 Å². The Bertz CT molecular complexity index is 429. The fourth-order valence-electron chi connectivity index (χ4n) is 1.76. The van der Waals surface area contributed by atoms with Gasteiger partial charge in [0.05, 0.1) is 14.2 Å². The first kappa shape index (κ1) is 15.1. The minimum Gasteiger partial charge on any atom is -0.493 e. The van der Waals surface area contributed by atoms with Crippen molar-refractivity contribution in [2.75, 3.05) is 20.8 Å². The molecule has 0 heterocycles. The zero-order valence-electron chi connectivity index (χ0n) is 11.6. The molecule has 0 aliphatic heterocycles. The monoisotopic (exact) mass is 263 g/mol. The molecule has 0 fully saturated rings. The first-order valence-electron chi connectivity index (χ1n) is 6.29. The van der Waals surface area contributed by atoms with E-state index in [-0.39, 0.29) is 5.91 Å². The second kappa shape index (κ2) is 8.19. The molecule has 19 heavy (non-hydrogen) atoms. The summed E-state index contributed by atoms with van der Waals surface area (Å²) in [4.78, 5) is 11.4. The lowest BCUT2D eigenvalue weighted by Gasteiger charge is -2.09. The molecule has 0 aliphatic rings. The average molecular weight is 263 g/mol. The van der Waals surface area contributed by atoms with Crippen molar-refractivity contribution in [3.8, 4) is 11.5 Å². The topological polar surface area (TPSA) is 47.6 Å². The van der Waals surface area contributed by atoms with Crippen LogP contribution >= 0.6 is 0 Å². The lowest BCUT2D eigenvalue weighted by Crippen LogP contribution is -2.22. The van der Waals surface area contributed by atoms with Crippen molar-refractivity contribution < 1.29 is 14.3 Å². The summed E-state index contributed by atoms with van der Waals surface area (Å²) in [5.41, 5.74) is 1.13. The number of hydrogen-bond acceptors (Lipinski definition) is 3. The maximum atomic E-state index is 11.4. The summed E-state index contributed by atoms with van der Waals surface area (Å²) in [5, 5.41) is 2.76. The van der Waals surface area contributed by atoms with Crippen LogP contribution in [-0.4, -0.2) is 26.7 Å². The molecule has 1 aromatic rings. The third-order valence-electron chi connectivity index (χ3n) is 2.76. The number of methoxy groups -OCH3 is 2. The third kappa shape index (κ3) is 5.04. The highest BCUT2D eigenvalue weighted by Gasteiger charge is 2.05. The number of aryl methyl sites for hydroxylation is 1. The molecular weight excluding hydrogens is 242 g/mol. The van der Waals surface area contributed by atoms with Crippen LogP contribution in [0.25, 0.3) is 0 Å². The van der Waals surface area contributed by atoms with E-state index in [0.29, 0.717) is 13.0 Å². The van der Waals surface area contributed by atoms with Crippen LogP contribution in [-0.2, 0) is 11.2 Å². The number of carbonyl (C=O) groups is 1. The quantitative estimate of drug-likeness (QED) is 0.732. The predicted molar refractivity (Wildman–Crippen MR) is 75.7 cm³/mol. The summed E-state index contributed by atoms with van der Waals surface area (Å²) >= 11 is 0. The molecule has 0 bridgehead atoms. The molecule has 0 aliphatic carbocycles. The Morgan fingerprint density at radius 1 is 1.32 bits per heavy atom. The van der Waals surface area contributed by atoms with Crippen molar-refractivity contribution in [2.24, 2.45) is 0 Å². The van der Waals surface area contributed by atoms with Crippen LogP contribution in [0.5, 0.6) is 11.5 Å². The molecule has 0 spiro atoms. The largest absolute Gasteiger partial charge is 0.493 e. The van der Waals surface area contributed by atoms with Crippen molar-refractivity contribution in [3.63, 3.8) is 0 Å². The normalized spacial score (nSPS) is 9.79. The minimum atomic E-state index is 0.0559. The van der Waals surface area contributed by atoms with Crippen LogP contribution in [0.2, 0.25) is 0 Å². The third-order valence-corrected chi connectivity index (χ3v) is 2.76. The predicted octanol–water partition coefficient (Wildman–Crippen LogP) is 2.33. The summed E-state index contributed by atoms with van der Waals surface area (Å²) in [5.74, 6) is 1.49. The second-order valence-electron chi connectivity index (χ2n) is 4.14. The molecule has 1 amide bonds. The van der Waals surface area contributed by atoms with Crippen molar-refractivity contribution in [2.45, 2.75) is 19.3 Å². The SMILES string of the molecule is C=CCNC(=O)CCCc1ccc(OC)c(OC)c1. The van der Waals surface area contributed by atoms with Crippen molar-refractivity contribution in [3.05, 3.63) is 36.4 Å². The molecule has 0 aromatic heterocycles. The summed E-state index contributed by atoms with van der Waals surface area (Å²) in [6.45, 7) is 4.08. The van der Waals surface area contributed by atoms with Crippen molar-refractivity contribution in [1.82, 2.24) is 5.32 Å². The molecule has 1 N–H and O–H groups in total. The van der Waals surface area contributed by atoms with E-state index in [0.717, 1.165) is 29.9 Å². The Labute approximate surface area is 114 Å². The number of amides is 1. The van der Waals surface area contributed by atoms with Crippen LogP contribution in [0.1, 0.15) is 18.4 Å². The van der Waals surface area contributed by atoms with E-state index in [1.807, 2.05) is 18.2 Å². The van der Waals surface area contributed by atoms with E-state index in [9.17, 15) is 4.79 Å². The summed E-state index contributed by atoms with van der Waals surface area (Å²) in [7, 11) is 3.23. The molecule has 104 valence electrons. The van der Waals surface area contributed by atoms with Crippen LogP contribution < -0.4 is 14.8 Å². The Morgan fingerprint density at radius 2 is 2.05 bits per heavy atom. The second-order valence-corrected chi connectivity index (χ2v) is 4.14. The molecule has 0 atom stereocenters. The van der Waals surface area contributed by atoms with E-state index in [1.165, 1.54) is 0 Å². The molecule has 1 rings (SSSR count). The summed E-state index contributed by atoms with van der Waals surface area (Å²) in [6, 6.07) is 5.81. The zero-order chi connectivity index (χ0) is 14.1. The number of ether oxygens (including phenoxy) is 2. The van der Waals surface area contributed by atoms with Gasteiger partial charge in [0.15, 0.2) is 11.5 Å². The highest BCUT2D eigenvalue weighted by Crippen LogP contribution is 2.28. The smallest absolute Gasteiger partial charge is 0.220 e. The molecule has 1 aromatic carbocycles. The fraction of sp³-hybridized carbons (Fsp3) is 0.400. The van der Waals surface area contributed by atoms with Crippen LogP contribution in [0.3, 0.4) is 0 Å². The van der Waals surface area contributed by atoms with Gasteiger partial charge in [-0.05, 0) is 30.5 Å². The van der Waals surface area contributed by atoms with E-state index >= 15 is 0 Å². The number of benzene rings is 1. The van der Waals surface area contributed by atoms with Crippen molar-refractivity contribution in [1.29, 1.82) is 0 Å². The summed E-state index contributed by atoms with van der Waals surface area (Å²) in [6.07, 6.45) is 3.83. The molecule has 0 saturated carbocycles. The van der Waals surface area contributed by atoms with Gasteiger partial charge in [0.1, 0.15) is 0 Å². The molecule has 0 saturated heterocycles. The lowest BCUT2D eigenvalue weighted by molar-refractivity contribution is -0.120. The van der Waals surface area contributed by atoms with Crippen LogP contribution in [0, 0.1) is 0 Å². The highest BCUT2D eigenvalue weighted by atomic mass is 16.5. The van der Waals surface area contributed by atoms with Crippen molar-refractivity contribution >= 4 is 5.91 Å². The molecule has 0 radical (unpaired) electrons. The molecule has 4 nitrogen and oxygen atoms in total. The Morgan fingerprint density at radius 3 is 2.68 bits per heavy atom. The number of rotatable bonds is 8. The van der Waals surface area contributed by atoms with Gasteiger partial charge >= 0.3 is 0 Å². The Balaban J connectivity index is 2.45. The number of carbonyl (C=O) groups excluding carboxylic acids is 1. The number of nitrogens with one attached hydrogen (secondary N) is 1. The van der Waals surface area contributed by atoms with Crippen LogP contribution in [0.4, 0.5) is 0 Å². The minimum absolute atomic E-state index is 0.0559. The van der Waals surface area contributed by atoms with E-state index < -0.39 is 0 Å². The van der Waals surface area contributed by atoms with Gasteiger partial charge in [-0.1, -0.05) is 12.1 Å². The fourth-order valence-corrected chi connectivity index (χ4v) is 1.76. The highest BCUT2D eigenvalue weighted by molar-refractivity contribution is 5.75. The lowest BCUT2D eigenvalue weighted by atomic mass is 10.1. The van der Waals surface area contributed by atoms with Gasteiger partial charge in [-0.15, -0.1) is 6.58 Å². The van der Waals surface area contributed by atoms with Crippen LogP contribution in [0.15, 0.2) is 30.9 Å². The van der Waals surface area contributed by atoms with Gasteiger partial charge in [-0.25, -0.2) is 0 Å².